The van der Waals surface area contributed by atoms with E-state index in [-0.39, 0.29) is 12.1 Å². The highest BCUT2D eigenvalue weighted by molar-refractivity contribution is 5.74. The van der Waals surface area contributed by atoms with Crippen LogP contribution in [-0.2, 0) is 6.54 Å². The molecule has 2 heterocycles. The second-order valence-electron chi connectivity index (χ2n) is 6.78. The molecule has 1 aromatic carbocycles. The normalized spacial score (nSPS) is 15.7. The summed E-state index contributed by atoms with van der Waals surface area (Å²) in [5, 5.41) is 7.84. The molecule has 0 bridgehead atoms. The van der Waals surface area contributed by atoms with Gasteiger partial charge in [0.25, 0.3) is 0 Å². The van der Waals surface area contributed by atoms with Crippen molar-refractivity contribution in [2.24, 2.45) is 5.92 Å². The van der Waals surface area contributed by atoms with Crippen LogP contribution in [-0.4, -0.2) is 39.8 Å². The van der Waals surface area contributed by atoms with Crippen molar-refractivity contribution in [2.75, 3.05) is 13.1 Å². The molecule has 2 aromatic rings. The average Bonchev–Trinajstić information content (AvgIpc) is 3.27. The van der Waals surface area contributed by atoms with E-state index in [9.17, 15) is 4.79 Å². The SMILES string of the molecule is CC(C)C(Cn1ccc(-c2ccccc2)n1)NC(=O)N1CCCC1. The van der Waals surface area contributed by atoms with E-state index in [1.807, 2.05) is 40.0 Å². The predicted octanol–water partition coefficient (Wildman–Crippen LogP) is 3.38. The smallest absolute Gasteiger partial charge is 0.317 e. The van der Waals surface area contributed by atoms with Crippen molar-refractivity contribution in [3.63, 3.8) is 0 Å². The van der Waals surface area contributed by atoms with E-state index in [1.165, 1.54) is 0 Å². The van der Waals surface area contributed by atoms with Gasteiger partial charge in [0, 0.05) is 24.8 Å². The molecule has 2 amide bonds. The highest BCUT2D eigenvalue weighted by Gasteiger charge is 2.23. The first-order valence-electron chi connectivity index (χ1n) is 8.78. The van der Waals surface area contributed by atoms with Crippen molar-refractivity contribution in [2.45, 2.75) is 39.3 Å². The molecule has 0 radical (unpaired) electrons. The van der Waals surface area contributed by atoms with Gasteiger partial charge in [-0.25, -0.2) is 4.79 Å². The van der Waals surface area contributed by atoms with Crippen molar-refractivity contribution in [3.8, 4) is 11.3 Å². The second-order valence-corrected chi connectivity index (χ2v) is 6.78. The van der Waals surface area contributed by atoms with Crippen LogP contribution in [0.15, 0.2) is 42.6 Å². The minimum absolute atomic E-state index is 0.0571. The largest absolute Gasteiger partial charge is 0.333 e. The molecular weight excluding hydrogens is 300 g/mol. The van der Waals surface area contributed by atoms with E-state index in [1.54, 1.807) is 0 Å². The Morgan fingerprint density at radius 3 is 2.54 bits per heavy atom. The van der Waals surface area contributed by atoms with Gasteiger partial charge in [-0.2, -0.15) is 5.10 Å². The Kier molecular flexibility index (Phi) is 5.18. The van der Waals surface area contributed by atoms with Gasteiger partial charge in [0.2, 0.25) is 0 Å². The predicted molar refractivity (Wildman–Crippen MR) is 95.6 cm³/mol. The number of amides is 2. The van der Waals surface area contributed by atoms with E-state index in [2.05, 4.69) is 36.4 Å². The fourth-order valence-corrected chi connectivity index (χ4v) is 3.02. The Hall–Kier alpha value is -2.30. The van der Waals surface area contributed by atoms with Crippen LogP contribution in [0, 0.1) is 5.92 Å². The number of nitrogens with one attached hydrogen (secondary N) is 1. The summed E-state index contributed by atoms with van der Waals surface area (Å²) in [6.45, 7) is 6.70. The van der Waals surface area contributed by atoms with Gasteiger partial charge in [-0.1, -0.05) is 44.2 Å². The van der Waals surface area contributed by atoms with Crippen molar-refractivity contribution < 1.29 is 4.79 Å². The van der Waals surface area contributed by atoms with Crippen LogP contribution in [0.2, 0.25) is 0 Å². The molecule has 0 spiro atoms. The van der Waals surface area contributed by atoms with Gasteiger partial charge in [-0.15, -0.1) is 0 Å². The fraction of sp³-hybridized carbons (Fsp3) is 0.474. The molecule has 1 atom stereocenters. The number of benzene rings is 1. The third-order valence-electron chi connectivity index (χ3n) is 4.60. The van der Waals surface area contributed by atoms with Crippen molar-refractivity contribution in [1.29, 1.82) is 0 Å². The first kappa shape index (κ1) is 16.6. The van der Waals surface area contributed by atoms with Crippen molar-refractivity contribution in [3.05, 3.63) is 42.6 Å². The number of urea groups is 1. The lowest BCUT2D eigenvalue weighted by Gasteiger charge is -2.25. The number of nitrogens with zero attached hydrogens (tertiary/aromatic N) is 3. The molecule has 5 nitrogen and oxygen atoms in total. The van der Waals surface area contributed by atoms with Crippen molar-refractivity contribution in [1.82, 2.24) is 20.0 Å². The van der Waals surface area contributed by atoms with Crippen LogP contribution in [0.4, 0.5) is 4.79 Å². The number of carbonyl (C=O) groups excluding carboxylic acids is 1. The van der Waals surface area contributed by atoms with Crippen LogP contribution in [0.1, 0.15) is 26.7 Å². The number of hydrogen-bond donors (Lipinski definition) is 1. The summed E-state index contributed by atoms with van der Waals surface area (Å²) in [7, 11) is 0. The molecule has 1 saturated heterocycles. The van der Waals surface area contributed by atoms with Crippen molar-refractivity contribution >= 4 is 6.03 Å². The summed E-state index contributed by atoms with van der Waals surface area (Å²) in [4.78, 5) is 14.3. The summed E-state index contributed by atoms with van der Waals surface area (Å²) in [6.07, 6.45) is 4.21. The monoisotopic (exact) mass is 326 g/mol. The van der Waals surface area contributed by atoms with Crippen LogP contribution in [0.5, 0.6) is 0 Å². The van der Waals surface area contributed by atoms with Gasteiger partial charge in [0.15, 0.2) is 0 Å². The Morgan fingerprint density at radius 1 is 1.17 bits per heavy atom. The molecule has 1 fully saturated rings. The summed E-state index contributed by atoms with van der Waals surface area (Å²) in [5.74, 6) is 0.348. The lowest BCUT2D eigenvalue weighted by molar-refractivity contribution is 0.197. The number of rotatable bonds is 5. The molecule has 1 aliphatic rings. The minimum atomic E-state index is 0.0571. The summed E-state index contributed by atoms with van der Waals surface area (Å²) in [5.41, 5.74) is 2.07. The van der Waals surface area contributed by atoms with Gasteiger partial charge >= 0.3 is 6.03 Å². The third kappa shape index (κ3) is 3.96. The topological polar surface area (TPSA) is 50.2 Å². The number of likely N-dealkylation sites (tertiary alicyclic amines) is 1. The molecule has 1 aliphatic heterocycles. The van der Waals surface area contributed by atoms with Gasteiger partial charge in [0.05, 0.1) is 18.3 Å². The Morgan fingerprint density at radius 2 is 1.88 bits per heavy atom. The Bertz CT molecular complexity index is 659. The first-order valence-corrected chi connectivity index (χ1v) is 8.78. The lowest BCUT2D eigenvalue weighted by Crippen LogP contribution is -2.47. The fourth-order valence-electron chi connectivity index (χ4n) is 3.02. The first-order chi connectivity index (χ1) is 11.6. The maximum Gasteiger partial charge on any atom is 0.317 e. The number of hydrogen-bond acceptors (Lipinski definition) is 2. The maximum atomic E-state index is 12.4. The van der Waals surface area contributed by atoms with Gasteiger partial charge < -0.3 is 10.2 Å². The zero-order valence-electron chi connectivity index (χ0n) is 14.5. The van der Waals surface area contributed by atoms with Crippen LogP contribution >= 0.6 is 0 Å². The summed E-state index contributed by atoms with van der Waals surface area (Å²) >= 11 is 0. The van der Waals surface area contributed by atoms with Gasteiger partial charge in [-0.05, 0) is 24.8 Å². The Labute approximate surface area is 143 Å². The molecule has 1 aromatic heterocycles. The van der Waals surface area contributed by atoms with Crippen LogP contribution in [0.25, 0.3) is 11.3 Å². The molecule has 5 heteroatoms. The molecule has 0 saturated carbocycles. The summed E-state index contributed by atoms with van der Waals surface area (Å²) < 4.78 is 1.93. The average molecular weight is 326 g/mol. The molecule has 0 aliphatic carbocycles. The van der Waals surface area contributed by atoms with E-state index >= 15 is 0 Å². The molecule has 24 heavy (non-hydrogen) atoms. The zero-order chi connectivity index (χ0) is 16.9. The molecule has 3 rings (SSSR count). The molecule has 128 valence electrons. The van der Waals surface area contributed by atoms with E-state index in [0.717, 1.165) is 37.2 Å². The third-order valence-corrected chi connectivity index (χ3v) is 4.60. The molecule has 1 N–H and O–H groups in total. The zero-order valence-corrected chi connectivity index (χ0v) is 14.5. The summed E-state index contributed by atoms with van der Waals surface area (Å²) in [6, 6.07) is 12.3. The molecule has 1 unspecified atom stereocenters. The van der Waals surface area contributed by atoms with Gasteiger partial charge in [-0.3, -0.25) is 4.68 Å². The van der Waals surface area contributed by atoms with E-state index in [0.29, 0.717) is 12.5 Å². The Balaban J connectivity index is 1.65. The van der Waals surface area contributed by atoms with Gasteiger partial charge in [0.1, 0.15) is 0 Å². The van der Waals surface area contributed by atoms with E-state index in [4.69, 9.17) is 0 Å². The quantitative estimate of drug-likeness (QED) is 0.916. The second kappa shape index (κ2) is 7.51. The maximum absolute atomic E-state index is 12.4. The highest BCUT2D eigenvalue weighted by Crippen LogP contribution is 2.17. The molecular formula is C19H26N4O. The number of carbonyl (C=O) groups is 1. The minimum Gasteiger partial charge on any atom is -0.333 e. The lowest BCUT2D eigenvalue weighted by atomic mass is 10.0. The highest BCUT2D eigenvalue weighted by atomic mass is 16.2. The van der Waals surface area contributed by atoms with Crippen LogP contribution in [0.3, 0.4) is 0 Å². The standard InChI is InChI=1S/C19H26N4O/c1-15(2)18(20-19(24)22-11-6-7-12-22)14-23-13-10-17(21-23)16-8-4-3-5-9-16/h3-5,8-10,13,15,18H,6-7,11-12,14H2,1-2H3,(H,20,24). The number of aromatic nitrogens is 2. The van der Waals surface area contributed by atoms with Crippen LogP contribution < -0.4 is 5.32 Å². The van der Waals surface area contributed by atoms with E-state index < -0.39 is 0 Å².